The van der Waals surface area contributed by atoms with Gasteiger partial charge in [-0.3, -0.25) is 0 Å². The zero-order valence-electron chi connectivity index (χ0n) is 12.5. The molecule has 0 aromatic rings. The lowest BCUT2D eigenvalue weighted by Gasteiger charge is -2.21. The van der Waals surface area contributed by atoms with Crippen molar-refractivity contribution in [2.24, 2.45) is 0 Å². The van der Waals surface area contributed by atoms with E-state index < -0.39 is 0 Å². The van der Waals surface area contributed by atoms with Crippen molar-refractivity contribution in [1.82, 2.24) is 0 Å². The van der Waals surface area contributed by atoms with Crippen molar-refractivity contribution in [3.63, 3.8) is 0 Å². The molecular weight excluding hydrogens is 224 g/mol. The molecular formula is C16H32O2. The van der Waals surface area contributed by atoms with Gasteiger partial charge in [0, 0.05) is 6.42 Å². The fourth-order valence-electron chi connectivity index (χ4n) is 2.63. The lowest BCUT2D eigenvalue weighted by atomic mass is 10.0. The van der Waals surface area contributed by atoms with Crippen molar-refractivity contribution in [2.45, 2.75) is 90.3 Å². The van der Waals surface area contributed by atoms with Crippen molar-refractivity contribution >= 4 is 0 Å². The first-order valence-electron chi connectivity index (χ1n) is 8.05. The average Bonchev–Trinajstić information content (AvgIpc) is 2.79. The van der Waals surface area contributed by atoms with E-state index in [0.29, 0.717) is 0 Å². The van der Waals surface area contributed by atoms with E-state index in [-0.39, 0.29) is 5.79 Å². The standard InChI is InChI=1S/C16H32O2/c1-3-4-5-6-7-8-9-10-11-12-13-16(2)17-14-15-18-16/h3-15H2,1-2H3. The van der Waals surface area contributed by atoms with Crippen LogP contribution >= 0.6 is 0 Å². The first-order valence-corrected chi connectivity index (χ1v) is 8.05. The molecule has 1 rings (SSSR count). The molecule has 2 nitrogen and oxygen atoms in total. The molecule has 0 amide bonds. The maximum Gasteiger partial charge on any atom is 0.165 e. The van der Waals surface area contributed by atoms with Gasteiger partial charge >= 0.3 is 0 Å². The summed E-state index contributed by atoms with van der Waals surface area (Å²) in [6, 6.07) is 0. The highest BCUT2D eigenvalue weighted by Gasteiger charge is 2.29. The van der Waals surface area contributed by atoms with Crippen molar-refractivity contribution in [3.05, 3.63) is 0 Å². The molecule has 0 atom stereocenters. The van der Waals surface area contributed by atoms with Crippen LogP contribution in [0.4, 0.5) is 0 Å². The monoisotopic (exact) mass is 256 g/mol. The third-order valence-corrected chi connectivity index (χ3v) is 3.88. The molecule has 0 saturated carbocycles. The summed E-state index contributed by atoms with van der Waals surface area (Å²) in [5.74, 6) is -0.264. The molecule has 0 spiro atoms. The van der Waals surface area contributed by atoms with Crippen LogP contribution in [-0.2, 0) is 9.47 Å². The van der Waals surface area contributed by atoms with E-state index in [1.54, 1.807) is 0 Å². The second-order valence-electron chi connectivity index (χ2n) is 5.76. The number of hydrogen-bond acceptors (Lipinski definition) is 2. The Bertz CT molecular complexity index is 186. The van der Waals surface area contributed by atoms with Crippen molar-refractivity contribution in [2.75, 3.05) is 13.2 Å². The summed E-state index contributed by atoms with van der Waals surface area (Å²) in [6.45, 7) is 5.90. The minimum absolute atomic E-state index is 0.264. The van der Waals surface area contributed by atoms with Gasteiger partial charge in [-0.2, -0.15) is 0 Å². The smallest absolute Gasteiger partial charge is 0.165 e. The Morgan fingerprint density at radius 3 is 1.67 bits per heavy atom. The van der Waals surface area contributed by atoms with E-state index in [1.165, 1.54) is 64.2 Å². The topological polar surface area (TPSA) is 18.5 Å². The Kier molecular flexibility index (Phi) is 8.70. The van der Waals surface area contributed by atoms with Crippen LogP contribution in [0.2, 0.25) is 0 Å². The van der Waals surface area contributed by atoms with Crippen LogP contribution in [0.15, 0.2) is 0 Å². The van der Waals surface area contributed by atoms with Gasteiger partial charge in [0.25, 0.3) is 0 Å². The highest BCUT2D eigenvalue weighted by molar-refractivity contribution is 4.67. The van der Waals surface area contributed by atoms with Crippen molar-refractivity contribution in [3.8, 4) is 0 Å². The number of hydrogen-bond donors (Lipinski definition) is 0. The Morgan fingerprint density at radius 2 is 1.17 bits per heavy atom. The fraction of sp³-hybridized carbons (Fsp3) is 1.00. The van der Waals surface area contributed by atoms with Gasteiger partial charge in [-0.1, -0.05) is 64.7 Å². The molecule has 1 heterocycles. The Labute approximate surface area is 113 Å². The third-order valence-electron chi connectivity index (χ3n) is 3.88. The summed E-state index contributed by atoms with van der Waals surface area (Å²) in [5.41, 5.74) is 0. The molecule has 1 aliphatic rings. The highest BCUT2D eigenvalue weighted by atomic mass is 16.7. The first kappa shape index (κ1) is 16.0. The third kappa shape index (κ3) is 7.38. The van der Waals surface area contributed by atoms with Crippen LogP contribution in [-0.4, -0.2) is 19.0 Å². The molecule has 0 bridgehead atoms. The Hall–Kier alpha value is -0.0800. The van der Waals surface area contributed by atoms with E-state index in [9.17, 15) is 0 Å². The van der Waals surface area contributed by atoms with Crippen molar-refractivity contribution < 1.29 is 9.47 Å². The molecule has 2 heteroatoms. The molecule has 0 radical (unpaired) electrons. The van der Waals surface area contributed by atoms with Gasteiger partial charge in [-0.25, -0.2) is 0 Å². The van der Waals surface area contributed by atoms with E-state index in [1.807, 2.05) is 0 Å². The molecule has 1 saturated heterocycles. The maximum absolute atomic E-state index is 5.60. The lowest BCUT2D eigenvalue weighted by Crippen LogP contribution is -2.24. The molecule has 1 aliphatic heterocycles. The summed E-state index contributed by atoms with van der Waals surface area (Å²) < 4.78 is 11.2. The molecule has 1 fully saturated rings. The molecule has 0 aliphatic carbocycles. The van der Waals surface area contributed by atoms with Crippen molar-refractivity contribution in [1.29, 1.82) is 0 Å². The van der Waals surface area contributed by atoms with Gasteiger partial charge in [0.15, 0.2) is 5.79 Å². The van der Waals surface area contributed by atoms with E-state index in [4.69, 9.17) is 9.47 Å². The summed E-state index contributed by atoms with van der Waals surface area (Å²) in [5, 5.41) is 0. The lowest BCUT2D eigenvalue weighted by molar-refractivity contribution is -0.147. The van der Waals surface area contributed by atoms with E-state index in [2.05, 4.69) is 13.8 Å². The first-order chi connectivity index (χ1) is 8.77. The van der Waals surface area contributed by atoms with Crippen LogP contribution in [0, 0.1) is 0 Å². The minimum Gasteiger partial charge on any atom is -0.348 e. The van der Waals surface area contributed by atoms with Gasteiger partial charge in [0.1, 0.15) is 0 Å². The Balaban J connectivity index is 1.78. The Morgan fingerprint density at radius 1 is 0.722 bits per heavy atom. The molecule has 0 N–H and O–H groups in total. The van der Waals surface area contributed by atoms with E-state index >= 15 is 0 Å². The predicted octanol–water partition coefficient (Wildman–Crippen LogP) is 5.06. The second-order valence-corrected chi connectivity index (χ2v) is 5.76. The van der Waals surface area contributed by atoms with Crippen LogP contribution in [0.3, 0.4) is 0 Å². The minimum atomic E-state index is -0.264. The van der Waals surface area contributed by atoms with Gasteiger partial charge < -0.3 is 9.47 Å². The summed E-state index contributed by atoms with van der Waals surface area (Å²) in [6.07, 6.45) is 14.9. The zero-order valence-corrected chi connectivity index (χ0v) is 12.5. The maximum atomic E-state index is 5.60. The van der Waals surface area contributed by atoms with Gasteiger partial charge in [0.05, 0.1) is 13.2 Å². The number of ether oxygens (including phenoxy) is 2. The highest BCUT2D eigenvalue weighted by Crippen LogP contribution is 2.25. The van der Waals surface area contributed by atoms with Crippen LogP contribution in [0.5, 0.6) is 0 Å². The molecule has 18 heavy (non-hydrogen) atoms. The zero-order chi connectivity index (χ0) is 13.1. The van der Waals surface area contributed by atoms with Crippen LogP contribution in [0.1, 0.15) is 84.5 Å². The molecule has 0 aromatic heterocycles. The number of unbranched alkanes of at least 4 members (excludes halogenated alkanes) is 9. The molecule has 0 aromatic carbocycles. The average molecular weight is 256 g/mol. The fourth-order valence-corrected chi connectivity index (χ4v) is 2.63. The summed E-state index contributed by atoms with van der Waals surface area (Å²) in [7, 11) is 0. The SMILES string of the molecule is CCCCCCCCCCCCC1(C)OCCO1. The summed E-state index contributed by atoms with van der Waals surface area (Å²) >= 11 is 0. The van der Waals surface area contributed by atoms with Gasteiger partial charge in [0.2, 0.25) is 0 Å². The molecule has 0 unspecified atom stereocenters. The van der Waals surface area contributed by atoms with Crippen LogP contribution < -0.4 is 0 Å². The van der Waals surface area contributed by atoms with E-state index in [0.717, 1.165) is 19.6 Å². The second kappa shape index (κ2) is 9.80. The summed E-state index contributed by atoms with van der Waals surface area (Å²) in [4.78, 5) is 0. The number of rotatable bonds is 11. The van der Waals surface area contributed by atoms with Gasteiger partial charge in [-0.15, -0.1) is 0 Å². The molecule has 108 valence electrons. The van der Waals surface area contributed by atoms with Crippen LogP contribution in [0.25, 0.3) is 0 Å². The predicted molar refractivity (Wildman–Crippen MR) is 76.8 cm³/mol. The largest absolute Gasteiger partial charge is 0.348 e. The van der Waals surface area contributed by atoms with Gasteiger partial charge in [-0.05, 0) is 13.3 Å². The quantitative estimate of drug-likeness (QED) is 0.481. The normalized spacial score (nSPS) is 18.3.